The summed E-state index contributed by atoms with van der Waals surface area (Å²) in [6.45, 7) is 16.1. The fourth-order valence-corrected chi connectivity index (χ4v) is 2.19. The lowest BCUT2D eigenvalue weighted by Gasteiger charge is -2.11. The molecule has 2 aromatic carbocycles. The van der Waals surface area contributed by atoms with Gasteiger partial charge in [-0.25, -0.2) is 9.59 Å². The van der Waals surface area contributed by atoms with E-state index in [2.05, 4.69) is 19.7 Å². The van der Waals surface area contributed by atoms with Gasteiger partial charge in [0.25, 0.3) is 0 Å². The van der Waals surface area contributed by atoms with Crippen molar-refractivity contribution in [3.8, 4) is 22.6 Å². The van der Waals surface area contributed by atoms with Gasteiger partial charge in [-0.2, -0.15) is 0 Å². The van der Waals surface area contributed by atoms with Crippen LogP contribution in [0.5, 0.6) is 11.5 Å². The summed E-state index contributed by atoms with van der Waals surface area (Å²) in [5, 5.41) is 0. The summed E-state index contributed by atoms with van der Waals surface area (Å²) in [4.78, 5) is 23.7. The summed E-state index contributed by atoms with van der Waals surface area (Å²) in [6, 6.07) is 12.6. The van der Waals surface area contributed by atoms with Gasteiger partial charge >= 0.3 is 11.9 Å². The van der Waals surface area contributed by atoms with E-state index in [0.29, 0.717) is 0 Å². The van der Waals surface area contributed by atoms with E-state index in [-0.39, 0.29) is 22.6 Å². The van der Waals surface area contributed by atoms with E-state index in [1.54, 1.807) is 26.0 Å². The van der Waals surface area contributed by atoms with Crippen molar-refractivity contribution >= 4 is 17.5 Å². The van der Waals surface area contributed by atoms with Crippen molar-refractivity contribution in [2.45, 2.75) is 20.8 Å². The Labute approximate surface area is 159 Å². The van der Waals surface area contributed by atoms with Crippen molar-refractivity contribution in [3.05, 3.63) is 78.9 Å². The summed E-state index contributed by atoms with van der Waals surface area (Å²) >= 11 is 0. The molecule has 0 fully saturated rings. The van der Waals surface area contributed by atoms with Crippen molar-refractivity contribution in [3.63, 3.8) is 0 Å². The number of hydrogen-bond donors (Lipinski definition) is 0. The molecule has 0 radical (unpaired) electrons. The molecule has 138 valence electrons. The maximum Gasteiger partial charge on any atom is 0.338 e. The second-order valence-electron chi connectivity index (χ2n) is 6.39. The van der Waals surface area contributed by atoms with Gasteiger partial charge in [0.05, 0.1) is 0 Å². The fraction of sp³-hybridized carbons (Fsp3) is 0.130. The van der Waals surface area contributed by atoms with Gasteiger partial charge in [-0.15, -0.1) is 0 Å². The molecule has 0 atom stereocenters. The Morgan fingerprint density at radius 3 is 1.52 bits per heavy atom. The van der Waals surface area contributed by atoms with Gasteiger partial charge in [0, 0.05) is 17.2 Å². The van der Waals surface area contributed by atoms with E-state index in [4.69, 9.17) is 9.47 Å². The molecule has 4 heteroatoms. The number of rotatable bonds is 6. The molecule has 0 spiro atoms. The molecular formula is C23H22O4. The summed E-state index contributed by atoms with van der Waals surface area (Å²) in [5.74, 6) is -0.591. The molecular weight excluding hydrogens is 340 g/mol. The average molecular weight is 362 g/mol. The molecule has 0 N–H and O–H groups in total. The molecule has 0 aromatic heterocycles. The normalized spacial score (nSPS) is 10.0. The number of allylic oxidation sites excluding steroid dienone is 1. The van der Waals surface area contributed by atoms with Gasteiger partial charge in [-0.05, 0) is 49.6 Å². The molecule has 0 amide bonds. The predicted molar refractivity (Wildman–Crippen MR) is 107 cm³/mol. The summed E-state index contributed by atoms with van der Waals surface area (Å²) < 4.78 is 10.6. The Balaban J connectivity index is 2.46. The lowest BCUT2D eigenvalue weighted by molar-refractivity contribution is -0.130. The van der Waals surface area contributed by atoms with Crippen molar-refractivity contribution in [2.24, 2.45) is 0 Å². The molecule has 0 heterocycles. The number of hydrogen-bond acceptors (Lipinski definition) is 4. The highest BCUT2D eigenvalue weighted by Crippen LogP contribution is 2.31. The molecule has 0 aliphatic carbocycles. The lowest BCUT2D eigenvalue weighted by Crippen LogP contribution is -2.10. The standard InChI is InChI=1S/C23H22O4/c1-14(2)17-7-9-18(10-8-17)19-11-20(26-22(24)15(3)4)13-21(12-19)27-23(25)16(5)6/h7-13H,1,3,5H2,2,4,6H3. The second kappa shape index (κ2) is 8.32. The number of benzene rings is 2. The summed E-state index contributed by atoms with van der Waals surface area (Å²) in [6.07, 6.45) is 0. The first-order chi connectivity index (χ1) is 12.7. The zero-order valence-electron chi connectivity index (χ0n) is 15.8. The quantitative estimate of drug-likeness (QED) is 0.395. The number of carbonyl (C=O) groups excluding carboxylic acids is 2. The van der Waals surface area contributed by atoms with Gasteiger partial charge in [0.2, 0.25) is 0 Å². The maximum absolute atomic E-state index is 11.9. The predicted octanol–water partition coefficient (Wildman–Crippen LogP) is 5.35. The first-order valence-electron chi connectivity index (χ1n) is 8.34. The van der Waals surface area contributed by atoms with Crippen molar-refractivity contribution in [1.29, 1.82) is 0 Å². The van der Waals surface area contributed by atoms with Gasteiger partial charge in [-0.1, -0.05) is 49.6 Å². The zero-order chi connectivity index (χ0) is 20.1. The van der Waals surface area contributed by atoms with Crippen molar-refractivity contribution in [1.82, 2.24) is 0 Å². The highest BCUT2D eigenvalue weighted by Gasteiger charge is 2.13. The van der Waals surface area contributed by atoms with E-state index in [1.165, 1.54) is 6.07 Å². The topological polar surface area (TPSA) is 52.6 Å². The van der Waals surface area contributed by atoms with Crippen LogP contribution in [0.4, 0.5) is 0 Å². The molecule has 0 saturated carbocycles. The first-order valence-corrected chi connectivity index (χ1v) is 8.34. The van der Waals surface area contributed by atoms with E-state index in [9.17, 15) is 9.59 Å². The smallest absolute Gasteiger partial charge is 0.338 e. The Hall–Kier alpha value is -3.40. The molecule has 0 bridgehead atoms. The minimum Gasteiger partial charge on any atom is -0.423 e. The summed E-state index contributed by atoms with van der Waals surface area (Å²) in [5.41, 5.74) is 4.14. The van der Waals surface area contributed by atoms with Crippen LogP contribution < -0.4 is 9.47 Å². The second-order valence-corrected chi connectivity index (χ2v) is 6.39. The van der Waals surface area contributed by atoms with Crippen molar-refractivity contribution < 1.29 is 19.1 Å². The maximum atomic E-state index is 11.9. The minimum atomic E-state index is -0.554. The zero-order valence-corrected chi connectivity index (χ0v) is 15.8. The van der Waals surface area contributed by atoms with Crippen LogP contribution in [0.3, 0.4) is 0 Å². The van der Waals surface area contributed by atoms with Gasteiger partial charge in [0.1, 0.15) is 11.5 Å². The van der Waals surface area contributed by atoms with Gasteiger partial charge < -0.3 is 9.47 Å². The molecule has 0 unspecified atom stereocenters. The molecule has 27 heavy (non-hydrogen) atoms. The number of esters is 2. The Kier molecular flexibility index (Phi) is 6.14. The Morgan fingerprint density at radius 2 is 1.15 bits per heavy atom. The highest BCUT2D eigenvalue weighted by molar-refractivity contribution is 5.90. The van der Waals surface area contributed by atoms with Gasteiger partial charge in [0.15, 0.2) is 0 Å². The first kappa shape index (κ1) is 19.9. The molecule has 2 aromatic rings. The summed E-state index contributed by atoms with van der Waals surface area (Å²) in [7, 11) is 0. The van der Waals surface area contributed by atoms with E-state index in [1.807, 2.05) is 31.2 Å². The van der Waals surface area contributed by atoms with Crippen LogP contribution in [0.1, 0.15) is 26.3 Å². The van der Waals surface area contributed by atoms with Crippen LogP contribution in [0, 0.1) is 0 Å². The van der Waals surface area contributed by atoms with Crippen molar-refractivity contribution in [2.75, 3.05) is 0 Å². The lowest BCUT2D eigenvalue weighted by atomic mass is 10.0. The molecule has 2 rings (SSSR count). The van der Waals surface area contributed by atoms with Gasteiger partial charge in [-0.3, -0.25) is 0 Å². The van der Waals surface area contributed by atoms with Crippen LogP contribution in [0.2, 0.25) is 0 Å². The molecule has 0 saturated heterocycles. The van der Waals surface area contributed by atoms with Crippen LogP contribution in [0.25, 0.3) is 16.7 Å². The number of carbonyl (C=O) groups is 2. The monoisotopic (exact) mass is 362 g/mol. The molecule has 0 aliphatic rings. The van der Waals surface area contributed by atoms with E-state index in [0.717, 1.165) is 22.3 Å². The highest BCUT2D eigenvalue weighted by atomic mass is 16.5. The third-order valence-electron chi connectivity index (χ3n) is 3.71. The van der Waals surface area contributed by atoms with E-state index < -0.39 is 11.9 Å². The Morgan fingerprint density at radius 1 is 0.704 bits per heavy atom. The van der Waals surface area contributed by atoms with Crippen LogP contribution in [-0.4, -0.2) is 11.9 Å². The van der Waals surface area contributed by atoms with Crippen LogP contribution in [-0.2, 0) is 9.59 Å². The third kappa shape index (κ3) is 5.28. The fourth-order valence-electron chi connectivity index (χ4n) is 2.19. The van der Waals surface area contributed by atoms with Crippen LogP contribution >= 0.6 is 0 Å². The van der Waals surface area contributed by atoms with E-state index >= 15 is 0 Å². The largest absolute Gasteiger partial charge is 0.423 e. The average Bonchev–Trinajstić information content (AvgIpc) is 2.61. The SMILES string of the molecule is C=C(C)C(=O)Oc1cc(OC(=O)C(=C)C)cc(-c2ccc(C(=C)C)cc2)c1. The minimum absolute atomic E-state index is 0.258. The third-order valence-corrected chi connectivity index (χ3v) is 3.71. The molecule has 0 aliphatic heterocycles. The van der Waals surface area contributed by atoms with Crippen LogP contribution in [0.15, 0.2) is 73.3 Å². The number of ether oxygens (including phenoxy) is 2. The molecule has 4 nitrogen and oxygen atoms in total. The Bertz CT molecular complexity index is 887.